The summed E-state index contributed by atoms with van der Waals surface area (Å²) >= 11 is 0. The summed E-state index contributed by atoms with van der Waals surface area (Å²) in [7, 11) is 0. The van der Waals surface area contributed by atoms with Gasteiger partial charge in [-0.3, -0.25) is 9.69 Å². The molecule has 3 aromatic rings. The fraction of sp³-hybridized carbons (Fsp3) is 0.367. The number of aliphatic hydroxyl groups excluding tert-OH is 1. The van der Waals surface area contributed by atoms with Crippen molar-refractivity contribution in [3.8, 4) is 22.6 Å². The van der Waals surface area contributed by atoms with Crippen LogP contribution in [0.3, 0.4) is 0 Å². The van der Waals surface area contributed by atoms with Crippen LogP contribution >= 0.6 is 0 Å². The Bertz CT molecular complexity index is 1260. The first-order chi connectivity index (χ1) is 17.6. The molecule has 3 aromatic carbocycles. The lowest BCUT2D eigenvalue weighted by Crippen LogP contribution is -2.67. The number of amides is 1. The second-order valence-corrected chi connectivity index (χ2v) is 10.1. The Morgan fingerprint density at radius 3 is 2.56 bits per heavy atom. The number of carbonyl (C=O) groups is 1. The molecule has 0 aliphatic carbocycles. The lowest BCUT2D eigenvalue weighted by molar-refractivity contribution is -0.0606. The van der Waals surface area contributed by atoms with Crippen LogP contribution < -0.4 is 9.47 Å². The summed E-state index contributed by atoms with van der Waals surface area (Å²) in [6.45, 7) is 4.77. The van der Waals surface area contributed by atoms with E-state index in [1.807, 2.05) is 17.0 Å². The van der Waals surface area contributed by atoms with Crippen molar-refractivity contribution in [3.05, 3.63) is 83.4 Å². The van der Waals surface area contributed by atoms with E-state index >= 15 is 0 Å². The maximum absolute atomic E-state index is 13.5. The number of ether oxygens (including phenoxy) is 2. The summed E-state index contributed by atoms with van der Waals surface area (Å²) in [5, 5.41) is 10.3. The Morgan fingerprint density at radius 1 is 0.944 bits per heavy atom. The van der Waals surface area contributed by atoms with Crippen molar-refractivity contribution < 1.29 is 19.4 Å². The van der Waals surface area contributed by atoms with E-state index in [1.165, 1.54) is 22.3 Å². The molecule has 0 bridgehead atoms. The largest absolute Gasteiger partial charge is 0.454 e. The third-order valence-corrected chi connectivity index (χ3v) is 7.92. The van der Waals surface area contributed by atoms with E-state index in [4.69, 9.17) is 9.47 Å². The van der Waals surface area contributed by atoms with E-state index in [1.54, 1.807) is 6.07 Å². The van der Waals surface area contributed by atoms with Crippen LogP contribution in [0.5, 0.6) is 11.5 Å². The highest BCUT2D eigenvalue weighted by Gasteiger charge is 2.49. The van der Waals surface area contributed by atoms with Crippen molar-refractivity contribution in [1.82, 2.24) is 9.80 Å². The van der Waals surface area contributed by atoms with Gasteiger partial charge in [-0.15, -0.1) is 0 Å². The van der Waals surface area contributed by atoms with Crippen LogP contribution in [0.25, 0.3) is 11.1 Å². The van der Waals surface area contributed by atoms with Gasteiger partial charge in [-0.05, 0) is 61.2 Å². The molecule has 0 unspecified atom stereocenters. The van der Waals surface area contributed by atoms with E-state index in [2.05, 4.69) is 60.4 Å². The van der Waals surface area contributed by atoms with Crippen LogP contribution in [0, 0.1) is 6.92 Å². The minimum absolute atomic E-state index is 0.0242. The molecule has 0 aromatic heterocycles. The minimum atomic E-state index is 0.0242. The van der Waals surface area contributed by atoms with E-state index in [9.17, 15) is 9.90 Å². The highest BCUT2D eigenvalue weighted by Crippen LogP contribution is 2.42. The monoisotopic (exact) mass is 484 g/mol. The predicted octanol–water partition coefficient (Wildman–Crippen LogP) is 4.46. The molecule has 0 radical (unpaired) electrons. The smallest absolute Gasteiger partial charge is 0.254 e. The standard InChI is InChI=1S/C30H32N2O4/c1-20-5-4-6-23(15-20)21-7-9-22(10-8-21)29-25-17-31(13-2-3-14-32(25)26(29)18-33)30(34)24-11-12-27-28(16-24)36-19-35-27/h4-12,15-16,25-26,29,33H,2-3,13-14,17-19H2,1H3/t25-,26-,29-/m0/s1. The molecule has 3 aliphatic heterocycles. The highest BCUT2D eigenvalue weighted by molar-refractivity contribution is 5.95. The third-order valence-electron chi connectivity index (χ3n) is 7.92. The molecule has 1 N–H and O–H groups in total. The van der Waals surface area contributed by atoms with Gasteiger partial charge in [-0.25, -0.2) is 0 Å². The number of hydrogen-bond donors (Lipinski definition) is 1. The topological polar surface area (TPSA) is 62.2 Å². The van der Waals surface area contributed by atoms with E-state index < -0.39 is 0 Å². The van der Waals surface area contributed by atoms with Gasteiger partial charge >= 0.3 is 0 Å². The highest BCUT2D eigenvalue weighted by atomic mass is 16.7. The molecule has 6 rings (SSSR count). The average molecular weight is 485 g/mol. The van der Waals surface area contributed by atoms with Gasteiger partial charge in [0.25, 0.3) is 5.91 Å². The van der Waals surface area contributed by atoms with Crippen LogP contribution in [0.2, 0.25) is 0 Å². The molecule has 6 nitrogen and oxygen atoms in total. The van der Waals surface area contributed by atoms with Gasteiger partial charge in [-0.2, -0.15) is 0 Å². The number of nitrogens with zero attached hydrogens (tertiary/aromatic N) is 2. The fourth-order valence-electron chi connectivity index (χ4n) is 6.06. The zero-order valence-corrected chi connectivity index (χ0v) is 20.6. The maximum atomic E-state index is 13.5. The molecule has 2 fully saturated rings. The number of fused-ring (bicyclic) bond motifs is 2. The van der Waals surface area contributed by atoms with Crippen molar-refractivity contribution in [3.63, 3.8) is 0 Å². The Hall–Kier alpha value is -3.35. The first kappa shape index (κ1) is 23.1. The molecule has 0 saturated carbocycles. The molecule has 6 heteroatoms. The molecule has 36 heavy (non-hydrogen) atoms. The van der Waals surface area contributed by atoms with Gasteiger partial charge in [-0.1, -0.05) is 54.1 Å². The summed E-state index contributed by atoms with van der Waals surface area (Å²) < 4.78 is 10.9. The molecular formula is C30H32N2O4. The van der Waals surface area contributed by atoms with Gasteiger partial charge in [0.05, 0.1) is 6.61 Å². The van der Waals surface area contributed by atoms with Gasteiger partial charge < -0.3 is 19.5 Å². The van der Waals surface area contributed by atoms with Gasteiger partial charge in [0.2, 0.25) is 6.79 Å². The molecular weight excluding hydrogens is 452 g/mol. The second-order valence-electron chi connectivity index (χ2n) is 10.1. The molecule has 3 heterocycles. The number of carbonyl (C=O) groups excluding carboxylic acids is 1. The van der Waals surface area contributed by atoms with Crippen LogP contribution in [0.1, 0.15) is 40.2 Å². The number of aryl methyl sites for hydroxylation is 1. The summed E-state index contributed by atoms with van der Waals surface area (Å²) in [6, 6.07) is 23.0. The predicted molar refractivity (Wildman–Crippen MR) is 138 cm³/mol. The van der Waals surface area contributed by atoms with Crippen LogP contribution in [-0.2, 0) is 0 Å². The lowest BCUT2D eigenvalue weighted by atomic mass is 9.74. The third kappa shape index (κ3) is 4.14. The Balaban J connectivity index is 1.24. The van der Waals surface area contributed by atoms with Gasteiger partial charge in [0.1, 0.15) is 0 Å². The van der Waals surface area contributed by atoms with Crippen molar-refractivity contribution in [2.24, 2.45) is 0 Å². The number of benzene rings is 3. The summed E-state index contributed by atoms with van der Waals surface area (Å²) in [6.07, 6.45) is 1.96. The first-order valence-electron chi connectivity index (χ1n) is 12.8. The van der Waals surface area contributed by atoms with Crippen LogP contribution in [0.15, 0.2) is 66.7 Å². The van der Waals surface area contributed by atoms with Crippen molar-refractivity contribution in [1.29, 1.82) is 0 Å². The Labute approximate surface area is 212 Å². The van der Waals surface area contributed by atoms with Crippen LogP contribution in [0.4, 0.5) is 0 Å². The average Bonchev–Trinajstić information content (AvgIpc) is 3.36. The first-order valence-corrected chi connectivity index (χ1v) is 12.8. The molecule has 186 valence electrons. The van der Waals surface area contributed by atoms with Crippen molar-refractivity contribution in [2.75, 3.05) is 33.0 Å². The van der Waals surface area contributed by atoms with Crippen LogP contribution in [-0.4, -0.2) is 65.9 Å². The normalized spacial score (nSPS) is 23.4. The fourth-order valence-corrected chi connectivity index (χ4v) is 6.06. The molecule has 3 aliphatic rings. The molecule has 2 saturated heterocycles. The lowest BCUT2D eigenvalue weighted by Gasteiger charge is -2.57. The van der Waals surface area contributed by atoms with Gasteiger partial charge in [0.15, 0.2) is 11.5 Å². The second kappa shape index (κ2) is 9.60. The number of aliphatic hydroxyl groups is 1. The minimum Gasteiger partial charge on any atom is -0.454 e. The summed E-state index contributed by atoms with van der Waals surface area (Å²) in [4.78, 5) is 17.9. The van der Waals surface area contributed by atoms with E-state index in [-0.39, 0.29) is 37.3 Å². The quantitative estimate of drug-likeness (QED) is 0.593. The zero-order valence-electron chi connectivity index (χ0n) is 20.6. The molecule has 0 spiro atoms. The Morgan fingerprint density at radius 2 is 1.75 bits per heavy atom. The zero-order chi connectivity index (χ0) is 24.6. The maximum Gasteiger partial charge on any atom is 0.254 e. The Kier molecular flexibility index (Phi) is 6.15. The van der Waals surface area contributed by atoms with E-state index in [0.717, 1.165) is 25.9 Å². The number of hydrogen-bond acceptors (Lipinski definition) is 5. The van der Waals surface area contributed by atoms with Crippen molar-refractivity contribution >= 4 is 5.91 Å². The van der Waals surface area contributed by atoms with Gasteiger partial charge in [0, 0.05) is 36.7 Å². The summed E-state index contributed by atoms with van der Waals surface area (Å²) in [5.41, 5.74) is 5.50. The number of rotatable bonds is 4. The molecule has 3 atom stereocenters. The SMILES string of the molecule is Cc1cccc(-c2ccc([C@@H]3[C@H](CO)N4CCCCN(C(=O)c5ccc6c(c5)OCO6)C[C@@H]34)cc2)c1. The molecule has 1 amide bonds. The summed E-state index contributed by atoms with van der Waals surface area (Å²) in [5.74, 6) is 1.53. The van der Waals surface area contributed by atoms with Crippen molar-refractivity contribution in [2.45, 2.75) is 37.8 Å². The van der Waals surface area contributed by atoms with E-state index in [0.29, 0.717) is 23.6 Å².